The van der Waals surface area contributed by atoms with Crippen molar-refractivity contribution < 1.29 is 14.7 Å². The quantitative estimate of drug-likeness (QED) is 0.747. The van der Waals surface area contributed by atoms with Crippen LogP contribution in [0.2, 0.25) is 4.34 Å². The van der Waals surface area contributed by atoms with Gasteiger partial charge in [0.25, 0.3) is 0 Å². The number of carboxylic acids is 1. The fourth-order valence-corrected chi connectivity index (χ4v) is 1.89. The second-order valence-electron chi connectivity index (χ2n) is 2.44. The molecule has 0 aliphatic heterocycles. The van der Waals surface area contributed by atoms with Crippen molar-refractivity contribution in [3.63, 3.8) is 0 Å². The van der Waals surface area contributed by atoms with Crippen LogP contribution in [-0.2, 0) is 9.59 Å². The molecule has 0 aliphatic carbocycles. The van der Waals surface area contributed by atoms with E-state index < -0.39 is 12.0 Å². The molecule has 76 valence electrons. The Kier molecular flexibility index (Phi) is 3.84. The molecule has 0 spiro atoms. The van der Waals surface area contributed by atoms with Crippen LogP contribution < -0.4 is 5.32 Å². The van der Waals surface area contributed by atoms with E-state index in [1.807, 2.05) is 0 Å². The zero-order chi connectivity index (χ0) is 10.6. The highest BCUT2D eigenvalue weighted by Gasteiger charge is 2.17. The molecule has 2 N–H and O–H groups in total. The van der Waals surface area contributed by atoms with Gasteiger partial charge in [-0.25, -0.2) is 4.98 Å². The van der Waals surface area contributed by atoms with Crippen LogP contribution in [-0.4, -0.2) is 22.5 Å². The number of nitrogens with one attached hydrogen (secondary N) is 1. The highest BCUT2D eigenvalue weighted by atomic mass is 35.5. The summed E-state index contributed by atoms with van der Waals surface area (Å²) in [7, 11) is 0. The molecule has 0 unspecified atom stereocenters. The summed E-state index contributed by atoms with van der Waals surface area (Å²) in [6.07, 6.45) is 1.66. The molecule has 1 amide bonds. The van der Waals surface area contributed by atoms with Gasteiger partial charge in [-0.3, -0.25) is 9.59 Å². The first-order valence-corrected chi connectivity index (χ1v) is 4.85. The number of aromatic nitrogens is 1. The van der Waals surface area contributed by atoms with Crippen LogP contribution in [0.25, 0.3) is 0 Å². The van der Waals surface area contributed by atoms with Crippen molar-refractivity contribution in [2.24, 2.45) is 0 Å². The van der Waals surface area contributed by atoms with Gasteiger partial charge < -0.3 is 10.4 Å². The van der Waals surface area contributed by atoms with Gasteiger partial charge in [-0.05, 0) is 0 Å². The molecule has 1 aromatic rings. The predicted molar refractivity (Wildman–Crippen MR) is 51.3 cm³/mol. The van der Waals surface area contributed by atoms with E-state index in [1.54, 1.807) is 0 Å². The van der Waals surface area contributed by atoms with Gasteiger partial charge in [-0.15, -0.1) is 11.3 Å². The Bertz CT molecular complexity index is 341. The Labute approximate surface area is 88.7 Å². The molecule has 0 radical (unpaired) electrons. The van der Waals surface area contributed by atoms with Gasteiger partial charge in [-0.2, -0.15) is 0 Å². The molecule has 5 nitrogen and oxygen atoms in total. The molecule has 0 saturated heterocycles. The first kappa shape index (κ1) is 10.9. The third-order valence-electron chi connectivity index (χ3n) is 1.44. The molecule has 14 heavy (non-hydrogen) atoms. The smallest absolute Gasteiger partial charge is 0.305 e. The summed E-state index contributed by atoms with van der Waals surface area (Å²) in [5.41, 5.74) is 0. The van der Waals surface area contributed by atoms with E-state index >= 15 is 0 Å². The van der Waals surface area contributed by atoms with Crippen molar-refractivity contribution >= 4 is 35.3 Å². The Balaban J connectivity index is 2.76. The monoisotopic (exact) mass is 234 g/mol. The maximum atomic E-state index is 10.5. The SMILES string of the molecule is O=CN[C@H](CC(=O)O)c1ncc(Cl)s1. The maximum absolute atomic E-state index is 10.5. The summed E-state index contributed by atoms with van der Waals surface area (Å²) in [6.45, 7) is 0. The molecular formula is C7H7ClN2O3S. The fraction of sp³-hybridized carbons (Fsp3) is 0.286. The van der Waals surface area contributed by atoms with E-state index in [9.17, 15) is 9.59 Å². The van der Waals surface area contributed by atoms with E-state index in [4.69, 9.17) is 16.7 Å². The lowest BCUT2D eigenvalue weighted by Gasteiger charge is -2.09. The average molecular weight is 235 g/mol. The Morgan fingerprint density at radius 2 is 2.57 bits per heavy atom. The molecule has 1 heterocycles. The minimum absolute atomic E-state index is 0.206. The van der Waals surface area contributed by atoms with Crippen molar-refractivity contribution in [1.82, 2.24) is 10.3 Å². The van der Waals surface area contributed by atoms with Crippen LogP contribution in [0.3, 0.4) is 0 Å². The lowest BCUT2D eigenvalue weighted by atomic mass is 10.2. The average Bonchev–Trinajstić information content (AvgIpc) is 2.50. The number of rotatable bonds is 5. The summed E-state index contributed by atoms with van der Waals surface area (Å²) in [6, 6.07) is -0.609. The third kappa shape index (κ3) is 2.97. The van der Waals surface area contributed by atoms with Crippen LogP contribution >= 0.6 is 22.9 Å². The maximum Gasteiger partial charge on any atom is 0.305 e. The number of carboxylic acid groups (broad SMARTS) is 1. The highest BCUT2D eigenvalue weighted by molar-refractivity contribution is 7.15. The summed E-state index contributed by atoms with van der Waals surface area (Å²) in [5.74, 6) is -1.00. The first-order valence-electron chi connectivity index (χ1n) is 3.66. The number of aliphatic carboxylic acids is 1. The van der Waals surface area contributed by atoms with Crippen molar-refractivity contribution in [2.45, 2.75) is 12.5 Å². The van der Waals surface area contributed by atoms with Gasteiger partial charge in [0, 0.05) is 0 Å². The van der Waals surface area contributed by atoms with Crippen molar-refractivity contribution in [3.8, 4) is 0 Å². The molecule has 0 fully saturated rings. The van der Waals surface area contributed by atoms with E-state index in [0.29, 0.717) is 15.8 Å². The number of nitrogens with zero attached hydrogens (tertiary/aromatic N) is 1. The van der Waals surface area contributed by atoms with Crippen LogP contribution in [0.5, 0.6) is 0 Å². The van der Waals surface area contributed by atoms with Crippen LogP contribution in [0, 0.1) is 0 Å². The first-order chi connectivity index (χ1) is 6.63. The zero-order valence-electron chi connectivity index (χ0n) is 6.94. The van der Waals surface area contributed by atoms with Gasteiger partial charge in [0.15, 0.2) is 0 Å². The summed E-state index contributed by atoms with van der Waals surface area (Å²) in [5, 5.41) is 11.4. The van der Waals surface area contributed by atoms with Gasteiger partial charge in [0.05, 0.1) is 18.7 Å². The third-order valence-corrected chi connectivity index (χ3v) is 2.67. The number of halogens is 1. The van der Waals surface area contributed by atoms with E-state index in [-0.39, 0.29) is 6.42 Å². The number of carbonyl (C=O) groups excluding carboxylic acids is 1. The lowest BCUT2D eigenvalue weighted by Crippen LogP contribution is -2.22. The summed E-state index contributed by atoms with van der Waals surface area (Å²) in [4.78, 5) is 24.6. The topological polar surface area (TPSA) is 79.3 Å². The molecule has 0 bridgehead atoms. The minimum atomic E-state index is -1.00. The van der Waals surface area contributed by atoms with Crippen molar-refractivity contribution in [1.29, 1.82) is 0 Å². The number of hydrogen-bond acceptors (Lipinski definition) is 4. The standard InChI is InChI=1S/C7H7ClN2O3S/c8-5-2-9-7(14-5)4(10-3-11)1-6(12)13/h2-4H,1H2,(H,10,11)(H,12,13)/t4-/m1/s1. The Hall–Kier alpha value is -1.14. The van der Waals surface area contributed by atoms with Gasteiger partial charge in [0.2, 0.25) is 6.41 Å². The predicted octanol–water partition coefficient (Wildman–Crippen LogP) is 1.06. The van der Waals surface area contributed by atoms with Gasteiger partial charge in [0.1, 0.15) is 9.34 Å². The van der Waals surface area contributed by atoms with E-state index in [2.05, 4.69) is 10.3 Å². The minimum Gasteiger partial charge on any atom is -0.481 e. The zero-order valence-corrected chi connectivity index (χ0v) is 8.51. The Morgan fingerprint density at radius 1 is 1.86 bits per heavy atom. The Morgan fingerprint density at radius 3 is 3.00 bits per heavy atom. The van der Waals surface area contributed by atoms with Crippen molar-refractivity contribution in [3.05, 3.63) is 15.5 Å². The molecule has 0 aliphatic rings. The van der Waals surface area contributed by atoms with Gasteiger partial charge in [-0.1, -0.05) is 11.6 Å². The number of amides is 1. The lowest BCUT2D eigenvalue weighted by molar-refractivity contribution is -0.137. The van der Waals surface area contributed by atoms with Gasteiger partial charge >= 0.3 is 5.97 Å². The highest BCUT2D eigenvalue weighted by Crippen LogP contribution is 2.25. The summed E-state index contributed by atoms with van der Waals surface area (Å²) >= 11 is 6.78. The normalized spacial score (nSPS) is 12.1. The molecule has 0 saturated carbocycles. The molecule has 1 aromatic heterocycles. The largest absolute Gasteiger partial charge is 0.481 e. The second kappa shape index (κ2) is 4.92. The molecule has 0 aromatic carbocycles. The number of hydrogen-bond donors (Lipinski definition) is 2. The van der Waals surface area contributed by atoms with E-state index in [1.165, 1.54) is 6.20 Å². The van der Waals surface area contributed by atoms with E-state index in [0.717, 1.165) is 11.3 Å². The number of carbonyl (C=O) groups is 2. The van der Waals surface area contributed by atoms with Crippen LogP contribution in [0.4, 0.5) is 0 Å². The summed E-state index contributed by atoms with van der Waals surface area (Å²) < 4.78 is 0.461. The number of thiazole rings is 1. The second-order valence-corrected chi connectivity index (χ2v) is 4.13. The van der Waals surface area contributed by atoms with Crippen LogP contribution in [0.1, 0.15) is 17.5 Å². The molecular weight excluding hydrogens is 228 g/mol. The van der Waals surface area contributed by atoms with Crippen molar-refractivity contribution in [2.75, 3.05) is 0 Å². The molecule has 1 atom stereocenters. The molecule has 7 heteroatoms. The molecule has 1 rings (SSSR count). The fourth-order valence-electron chi connectivity index (χ4n) is 0.902. The van der Waals surface area contributed by atoms with Crippen LogP contribution in [0.15, 0.2) is 6.20 Å².